The zero-order valence-corrected chi connectivity index (χ0v) is 15.5. The van der Waals surface area contributed by atoms with Crippen LogP contribution in [0.25, 0.3) is 0 Å². The van der Waals surface area contributed by atoms with Gasteiger partial charge in [0.1, 0.15) is 11.3 Å². The van der Waals surface area contributed by atoms with Gasteiger partial charge in [0.05, 0.1) is 11.3 Å². The number of rotatable bonds is 3. The van der Waals surface area contributed by atoms with E-state index in [4.69, 9.17) is 9.26 Å². The molecule has 1 saturated carbocycles. The second-order valence-corrected chi connectivity index (χ2v) is 8.00. The molecule has 0 aromatic carbocycles. The van der Waals surface area contributed by atoms with Gasteiger partial charge in [0.2, 0.25) is 5.91 Å². The topological polar surface area (TPSA) is 84.7 Å². The van der Waals surface area contributed by atoms with Crippen LogP contribution in [0.1, 0.15) is 60.3 Å². The fraction of sp³-hybridized carbons (Fsp3) is 0.737. The van der Waals surface area contributed by atoms with Crippen molar-refractivity contribution in [2.75, 3.05) is 19.7 Å². The highest BCUT2D eigenvalue weighted by Crippen LogP contribution is 2.36. The minimum atomic E-state index is -0.213. The molecule has 2 aliphatic heterocycles. The summed E-state index contributed by atoms with van der Waals surface area (Å²) in [7, 11) is 0. The fourth-order valence-electron chi connectivity index (χ4n) is 4.23. The van der Waals surface area contributed by atoms with Crippen molar-refractivity contribution in [1.82, 2.24) is 15.4 Å². The van der Waals surface area contributed by atoms with Gasteiger partial charge in [-0.15, -0.1) is 0 Å². The molecule has 4 rings (SSSR count). The third kappa shape index (κ3) is 3.37. The molecule has 1 aromatic heterocycles. The van der Waals surface area contributed by atoms with E-state index in [9.17, 15) is 9.59 Å². The van der Waals surface area contributed by atoms with Crippen LogP contribution in [0.3, 0.4) is 0 Å². The van der Waals surface area contributed by atoms with Crippen LogP contribution < -0.4 is 5.32 Å². The standard InChI is InChI=1S/C19H27N3O4/c1-12-16(13(2)26-21-12)18(24)22-8-6-19(7-9-22)11-15(5-10-25-19)20-17(23)14-3-4-14/h14-15H,3-11H2,1-2H3,(H,20,23)/t15-/m1/s1. The summed E-state index contributed by atoms with van der Waals surface area (Å²) in [4.78, 5) is 26.7. The van der Waals surface area contributed by atoms with Crippen molar-refractivity contribution in [2.24, 2.45) is 5.92 Å². The molecule has 1 aromatic rings. The third-order valence-electron chi connectivity index (χ3n) is 6.00. The zero-order chi connectivity index (χ0) is 18.3. The molecule has 1 aliphatic carbocycles. The number of nitrogens with one attached hydrogen (secondary N) is 1. The lowest BCUT2D eigenvalue weighted by atomic mass is 9.82. The number of ether oxygens (including phenoxy) is 1. The van der Waals surface area contributed by atoms with Crippen LogP contribution in [-0.2, 0) is 9.53 Å². The van der Waals surface area contributed by atoms with Crippen LogP contribution in [0.15, 0.2) is 4.52 Å². The fourth-order valence-corrected chi connectivity index (χ4v) is 4.23. The Morgan fingerprint density at radius 3 is 2.54 bits per heavy atom. The van der Waals surface area contributed by atoms with Gasteiger partial charge in [0, 0.05) is 31.7 Å². The highest BCUT2D eigenvalue weighted by molar-refractivity contribution is 5.96. The Bertz CT molecular complexity index is 682. The number of aryl methyl sites for hydroxylation is 2. The van der Waals surface area contributed by atoms with E-state index in [2.05, 4.69) is 10.5 Å². The minimum absolute atomic E-state index is 0.00880. The maximum absolute atomic E-state index is 12.8. The van der Waals surface area contributed by atoms with E-state index in [0.29, 0.717) is 36.7 Å². The maximum atomic E-state index is 12.8. The Balaban J connectivity index is 1.36. The van der Waals surface area contributed by atoms with Crippen molar-refractivity contribution in [2.45, 2.75) is 64.0 Å². The third-order valence-corrected chi connectivity index (χ3v) is 6.00. The molecule has 3 heterocycles. The molecular formula is C19H27N3O4. The molecule has 3 fully saturated rings. The summed E-state index contributed by atoms with van der Waals surface area (Å²) in [5, 5.41) is 7.09. The lowest BCUT2D eigenvalue weighted by molar-refractivity contribution is -0.131. The Morgan fingerprint density at radius 2 is 1.92 bits per heavy atom. The number of hydrogen-bond donors (Lipinski definition) is 1. The molecule has 2 amide bonds. The second-order valence-electron chi connectivity index (χ2n) is 8.00. The first-order valence-electron chi connectivity index (χ1n) is 9.64. The number of carbonyl (C=O) groups excluding carboxylic acids is 2. The van der Waals surface area contributed by atoms with Crippen molar-refractivity contribution in [3.63, 3.8) is 0 Å². The van der Waals surface area contributed by atoms with Crippen LogP contribution >= 0.6 is 0 Å². The van der Waals surface area contributed by atoms with Gasteiger partial charge >= 0.3 is 0 Å². The van der Waals surface area contributed by atoms with Gasteiger partial charge in [-0.1, -0.05) is 5.16 Å². The van der Waals surface area contributed by atoms with Crippen molar-refractivity contribution >= 4 is 11.8 Å². The molecule has 7 nitrogen and oxygen atoms in total. The zero-order valence-electron chi connectivity index (χ0n) is 15.5. The molecule has 7 heteroatoms. The van der Waals surface area contributed by atoms with Gasteiger partial charge < -0.3 is 19.5 Å². The number of piperidine rings is 1. The first kappa shape index (κ1) is 17.5. The Hall–Kier alpha value is -1.89. The molecule has 142 valence electrons. The quantitative estimate of drug-likeness (QED) is 0.890. The highest BCUT2D eigenvalue weighted by atomic mass is 16.5. The lowest BCUT2D eigenvalue weighted by Crippen LogP contribution is -2.54. The normalized spacial score (nSPS) is 25.3. The summed E-state index contributed by atoms with van der Waals surface area (Å²) in [5.41, 5.74) is 1.01. The molecule has 1 atom stereocenters. The van der Waals surface area contributed by atoms with Gasteiger partial charge in [-0.2, -0.15) is 0 Å². The largest absolute Gasteiger partial charge is 0.375 e. The molecule has 1 spiro atoms. The molecule has 2 saturated heterocycles. The predicted octanol–water partition coefficient (Wildman–Crippen LogP) is 1.97. The van der Waals surface area contributed by atoms with Crippen molar-refractivity contribution in [3.8, 4) is 0 Å². The van der Waals surface area contributed by atoms with Crippen LogP contribution in [0.5, 0.6) is 0 Å². The van der Waals surface area contributed by atoms with E-state index in [-0.39, 0.29) is 29.4 Å². The van der Waals surface area contributed by atoms with E-state index in [1.807, 2.05) is 4.90 Å². The Morgan fingerprint density at radius 1 is 1.19 bits per heavy atom. The molecule has 26 heavy (non-hydrogen) atoms. The SMILES string of the molecule is Cc1noc(C)c1C(=O)N1CCC2(CC1)C[C@H](NC(=O)C1CC1)CCO2. The maximum Gasteiger partial charge on any atom is 0.259 e. The van der Waals surface area contributed by atoms with Crippen molar-refractivity contribution in [3.05, 3.63) is 17.0 Å². The molecule has 1 N–H and O–H groups in total. The smallest absolute Gasteiger partial charge is 0.259 e. The van der Waals surface area contributed by atoms with Gasteiger partial charge in [-0.05, 0) is 52.4 Å². The lowest BCUT2D eigenvalue weighted by Gasteiger charge is -2.46. The van der Waals surface area contributed by atoms with E-state index < -0.39 is 0 Å². The van der Waals surface area contributed by atoms with E-state index in [1.54, 1.807) is 13.8 Å². The highest BCUT2D eigenvalue weighted by Gasteiger charge is 2.43. The number of carbonyl (C=O) groups is 2. The second kappa shape index (κ2) is 6.68. The number of aromatic nitrogens is 1. The first-order chi connectivity index (χ1) is 12.5. The summed E-state index contributed by atoms with van der Waals surface area (Å²) < 4.78 is 11.3. The van der Waals surface area contributed by atoms with Gasteiger partial charge in [0.15, 0.2) is 0 Å². The molecule has 3 aliphatic rings. The van der Waals surface area contributed by atoms with E-state index in [0.717, 1.165) is 38.5 Å². The average Bonchev–Trinajstić information content (AvgIpc) is 3.41. The summed E-state index contributed by atoms with van der Waals surface area (Å²) in [5.74, 6) is 1.01. The summed E-state index contributed by atoms with van der Waals surface area (Å²) in [6.45, 7) is 5.56. The van der Waals surface area contributed by atoms with Gasteiger partial charge in [-0.3, -0.25) is 9.59 Å². The van der Waals surface area contributed by atoms with Crippen molar-refractivity contribution in [1.29, 1.82) is 0 Å². The van der Waals surface area contributed by atoms with Crippen LogP contribution in [0, 0.1) is 19.8 Å². The average molecular weight is 361 g/mol. The number of nitrogens with zero attached hydrogens (tertiary/aromatic N) is 2. The first-order valence-corrected chi connectivity index (χ1v) is 9.64. The molecule has 0 unspecified atom stereocenters. The van der Waals surface area contributed by atoms with E-state index >= 15 is 0 Å². The molecule has 0 bridgehead atoms. The summed E-state index contributed by atoms with van der Waals surface area (Å²) in [6.07, 6.45) is 5.38. The Kier molecular flexibility index (Phi) is 4.50. The summed E-state index contributed by atoms with van der Waals surface area (Å²) in [6, 6.07) is 0.196. The van der Waals surface area contributed by atoms with E-state index in [1.165, 1.54) is 0 Å². The number of amides is 2. The molecule has 0 radical (unpaired) electrons. The summed E-state index contributed by atoms with van der Waals surface area (Å²) >= 11 is 0. The number of likely N-dealkylation sites (tertiary alicyclic amines) is 1. The van der Waals surface area contributed by atoms with Crippen LogP contribution in [0.4, 0.5) is 0 Å². The van der Waals surface area contributed by atoms with Crippen LogP contribution in [-0.4, -0.2) is 53.2 Å². The van der Waals surface area contributed by atoms with Crippen LogP contribution in [0.2, 0.25) is 0 Å². The van der Waals surface area contributed by atoms with Crippen molar-refractivity contribution < 1.29 is 18.8 Å². The Labute approximate surface area is 153 Å². The molecular weight excluding hydrogens is 334 g/mol. The minimum Gasteiger partial charge on any atom is -0.375 e. The predicted molar refractivity (Wildman–Crippen MR) is 93.7 cm³/mol. The number of hydrogen-bond acceptors (Lipinski definition) is 5. The van der Waals surface area contributed by atoms with Gasteiger partial charge in [0.25, 0.3) is 5.91 Å². The monoisotopic (exact) mass is 361 g/mol. The van der Waals surface area contributed by atoms with Gasteiger partial charge in [-0.25, -0.2) is 0 Å².